The number of hydrogen-bond acceptors (Lipinski definition) is 4. The highest BCUT2D eigenvalue weighted by atomic mass is 32.2. The Morgan fingerprint density at radius 1 is 1.47 bits per heavy atom. The van der Waals surface area contributed by atoms with Gasteiger partial charge in [-0.05, 0) is 18.2 Å². The summed E-state index contributed by atoms with van der Waals surface area (Å²) in [7, 11) is -3.28. The van der Waals surface area contributed by atoms with Crippen LogP contribution in [0.1, 0.15) is 12.5 Å². The van der Waals surface area contributed by atoms with E-state index in [2.05, 4.69) is 22.3 Å². The third-order valence-electron chi connectivity index (χ3n) is 2.30. The van der Waals surface area contributed by atoms with E-state index in [9.17, 15) is 12.8 Å². The van der Waals surface area contributed by atoms with E-state index in [1.165, 1.54) is 12.1 Å². The second-order valence-electron chi connectivity index (χ2n) is 3.80. The Balaban J connectivity index is 2.60. The van der Waals surface area contributed by atoms with Crippen molar-refractivity contribution in [3.8, 4) is 0 Å². The molecule has 8 heteroatoms. The van der Waals surface area contributed by atoms with Crippen molar-refractivity contribution in [3.63, 3.8) is 0 Å². The summed E-state index contributed by atoms with van der Waals surface area (Å²) in [5.41, 5.74) is 5.98. The van der Waals surface area contributed by atoms with Crippen LogP contribution >= 0.6 is 12.2 Å². The van der Waals surface area contributed by atoms with Crippen molar-refractivity contribution < 1.29 is 12.8 Å². The van der Waals surface area contributed by atoms with Gasteiger partial charge in [-0.1, -0.05) is 19.1 Å². The van der Waals surface area contributed by atoms with Crippen LogP contribution in [-0.2, 0) is 10.0 Å². The molecule has 106 valence electrons. The minimum absolute atomic E-state index is 0.0150. The first-order valence-corrected chi connectivity index (χ1v) is 7.72. The van der Waals surface area contributed by atoms with Crippen LogP contribution in [0.4, 0.5) is 10.1 Å². The van der Waals surface area contributed by atoms with Gasteiger partial charge in [0.25, 0.3) is 0 Å². The lowest BCUT2D eigenvalue weighted by atomic mass is 10.2. The van der Waals surface area contributed by atoms with E-state index in [0.717, 1.165) is 0 Å². The molecule has 19 heavy (non-hydrogen) atoms. The number of anilines is 1. The molecule has 1 rings (SSSR count). The van der Waals surface area contributed by atoms with E-state index in [0.29, 0.717) is 12.2 Å². The first-order valence-electron chi connectivity index (χ1n) is 5.66. The zero-order valence-corrected chi connectivity index (χ0v) is 12.1. The van der Waals surface area contributed by atoms with Crippen LogP contribution in [0.15, 0.2) is 18.2 Å². The van der Waals surface area contributed by atoms with Gasteiger partial charge in [0, 0.05) is 24.3 Å². The summed E-state index contributed by atoms with van der Waals surface area (Å²) >= 11 is 4.69. The molecule has 0 amide bonds. The highest BCUT2D eigenvalue weighted by molar-refractivity contribution is 7.89. The number of sulfonamides is 1. The number of benzene rings is 1. The molecule has 0 aliphatic carbocycles. The van der Waals surface area contributed by atoms with Crippen LogP contribution in [0.3, 0.4) is 0 Å². The predicted octanol–water partition coefficient (Wildman–Crippen LogP) is 0.811. The SMILES string of the molecule is CCNS(=O)(=O)CCNc1ccc(C(N)=S)c(F)c1. The van der Waals surface area contributed by atoms with E-state index in [-0.39, 0.29) is 22.8 Å². The molecule has 1 aromatic rings. The minimum atomic E-state index is -3.28. The van der Waals surface area contributed by atoms with Gasteiger partial charge < -0.3 is 11.1 Å². The normalized spacial score (nSPS) is 11.3. The minimum Gasteiger partial charge on any atom is -0.389 e. The smallest absolute Gasteiger partial charge is 0.213 e. The standard InChI is InChI=1S/C11H16FN3O2S2/c1-2-15-19(16,17)6-5-14-8-3-4-9(11(13)18)10(12)7-8/h3-4,7,14-15H,2,5-6H2,1H3,(H2,13,18). The number of halogens is 1. The van der Waals surface area contributed by atoms with Crippen LogP contribution < -0.4 is 15.8 Å². The molecule has 4 N–H and O–H groups in total. The van der Waals surface area contributed by atoms with Gasteiger partial charge in [0.05, 0.1) is 5.75 Å². The van der Waals surface area contributed by atoms with Gasteiger partial charge in [0.1, 0.15) is 10.8 Å². The Hall–Kier alpha value is -1.25. The van der Waals surface area contributed by atoms with Gasteiger partial charge in [-0.25, -0.2) is 17.5 Å². The molecule has 0 fully saturated rings. The van der Waals surface area contributed by atoms with Crippen molar-refractivity contribution >= 4 is 32.9 Å². The van der Waals surface area contributed by atoms with Gasteiger partial charge in [-0.3, -0.25) is 0 Å². The molecule has 0 spiro atoms. The summed E-state index contributed by atoms with van der Waals surface area (Å²) in [4.78, 5) is -0.0150. The topological polar surface area (TPSA) is 84.2 Å². The van der Waals surface area contributed by atoms with Crippen LogP contribution in [0.5, 0.6) is 0 Å². The molecule has 0 aromatic heterocycles. The Labute approximate surface area is 117 Å². The van der Waals surface area contributed by atoms with Gasteiger partial charge >= 0.3 is 0 Å². The third-order valence-corrected chi connectivity index (χ3v) is 3.99. The van der Waals surface area contributed by atoms with Gasteiger partial charge in [-0.2, -0.15) is 0 Å². The molecular formula is C11H16FN3O2S2. The molecule has 0 saturated carbocycles. The fraction of sp³-hybridized carbons (Fsp3) is 0.364. The summed E-state index contributed by atoms with van der Waals surface area (Å²) in [6, 6.07) is 4.28. The number of hydrogen-bond donors (Lipinski definition) is 3. The molecule has 0 aliphatic rings. The molecule has 0 heterocycles. The Bertz CT molecular complexity index is 561. The number of nitrogens with two attached hydrogens (primary N) is 1. The molecule has 1 aromatic carbocycles. The fourth-order valence-corrected chi connectivity index (χ4v) is 2.57. The maximum atomic E-state index is 13.5. The van der Waals surface area contributed by atoms with Gasteiger partial charge in [0.2, 0.25) is 10.0 Å². The van der Waals surface area contributed by atoms with E-state index < -0.39 is 15.8 Å². The van der Waals surface area contributed by atoms with E-state index in [1.807, 2.05) is 0 Å². The largest absolute Gasteiger partial charge is 0.389 e. The summed E-state index contributed by atoms with van der Waals surface area (Å²) in [6.45, 7) is 2.23. The first-order chi connectivity index (χ1) is 8.85. The molecule has 5 nitrogen and oxygen atoms in total. The van der Waals surface area contributed by atoms with E-state index in [1.54, 1.807) is 13.0 Å². The second-order valence-corrected chi connectivity index (χ2v) is 6.17. The van der Waals surface area contributed by atoms with Crippen LogP contribution in [-0.4, -0.2) is 32.2 Å². The van der Waals surface area contributed by atoms with E-state index in [4.69, 9.17) is 5.73 Å². The second kappa shape index (κ2) is 6.78. The molecule has 0 radical (unpaired) electrons. The summed E-state index contributed by atoms with van der Waals surface area (Å²) in [6.07, 6.45) is 0. The number of thiocarbonyl (C=S) groups is 1. The van der Waals surface area contributed by atoms with Crippen molar-refractivity contribution in [3.05, 3.63) is 29.6 Å². The van der Waals surface area contributed by atoms with Crippen molar-refractivity contribution in [2.45, 2.75) is 6.92 Å². The van der Waals surface area contributed by atoms with Crippen molar-refractivity contribution in [2.24, 2.45) is 5.73 Å². The van der Waals surface area contributed by atoms with Crippen LogP contribution in [0.25, 0.3) is 0 Å². The third kappa shape index (κ3) is 5.09. The Kier molecular flexibility index (Phi) is 5.64. The first kappa shape index (κ1) is 15.8. The lowest BCUT2D eigenvalue weighted by molar-refractivity contribution is 0.584. The molecule has 0 aliphatic heterocycles. The average molecular weight is 305 g/mol. The monoisotopic (exact) mass is 305 g/mol. The van der Waals surface area contributed by atoms with Crippen molar-refractivity contribution in [1.82, 2.24) is 4.72 Å². The quantitative estimate of drug-likeness (QED) is 0.649. The summed E-state index contributed by atoms with van der Waals surface area (Å²) in [5.74, 6) is -0.619. The molecule has 0 unspecified atom stereocenters. The Morgan fingerprint density at radius 3 is 2.68 bits per heavy atom. The Morgan fingerprint density at radius 2 is 2.16 bits per heavy atom. The maximum absolute atomic E-state index is 13.5. The fourth-order valence-electron chi connectivity index (χ4n) is 1.45. The van der Waals surface area contributed by atoms with E-state index >= 15 is 0 Å². The average Bonchev–Trinajstić information content (AvgIpc) is 2.28. The molecule has 0 bridgehead atoms. The molecular weight excluding hydrogens is 289 g/mol. The summed E-state index contributed by atoms with van der Waals surface area (Å²) in [5, 5.41) is 2.82. The van der Waals surface area contributed by atoms with Gasteiger partial charge in [-0.15, -0.1) is 0 Å². The predicted molar refractivity (Wildman–Crippen MR) is 78.2 cm³/mol. The number of rotatable bonds is 7. The number of nitrogens with one attached hydrogen (secondary N) is 2. The molecule has 0 atom stereocenters. The molecule has 0 saturated heterocycles. The zero-order valence-electron chi connectivity index (χ0n) is 10.4. The highest BCUT2D eigenvalue weighted by Gasteiger charge is 2.09. The lowest BCUT2D eigenvalue weighted by Crippen LogP contribution is -2.29. The highest BCUT2D eigenvalue weighted by Crippen LogP contribution is 2.14. The summed E-state index contributed by atoms with van der Waals surface area (Å²) < 4.78 is 38.7. The van der Waals surface area contributed by atoms with Gasteiger partial charge in [0.15, 0.2) is 0 Å². The van der Waals surface area contributed by atoms with Crippen LogP contribution in [0, 0.1) is 5.82 Å². The maximum Gasteiger partial charge on any atom is 0.213 e. The zero-order chi connectivity index (χ0) is 14.5. The lowest BCUT2D eigenvalue weighted by Gasteiger charge is -2.09. The van der Waals surface area contributed by atoms with Crippen LogP contribution in [0.2, 0.25) is 0 Å². The van der Waals surface area contributed by atoms with Crippen molar-refractivity contribution in [1.29, 1.82) is 0 Å². The van der Waals surface area contributed by atoms with Crippen molar-refractivity contribution in [2.75, 3.05) is 24.2 Å².